The van der Waals surface area contributed by atoms with E-state index >= 15 is 0 Å². The maximum Gasteiger partial charge on any atom is 0.124 e. The number of fused-ring (bicyclic) bond motifs is 1. The molecule has 3 heteroatoms. The van der Waals surface area contributed by atoms with Gasteiger partial charge in [-0.25, -0.2) is 0 Å². The summed E-state index contributed by atoms with van der Waals surface area (Å²) in [7, 11) is 0. The number of phenols is 1. The molecule has 0 bridgehead atoms. The number of hydrogen-bond donors (Lipinski definition) is 1. The van der Waals surface area contributed by atoms with Gasteiger partial charge in [0, 0.05) is 22.4 Å². The Balaban J connectivity index is 1.50. The Kier molecular flexibility index (Phi) is 5.97. The van der Waals surface area contributed by atoms with Gasteiger partial charge in [-0.2, -0.15) is 0 Å². The van der Waals surface area contributed by atoms with Gasteiger partial charge in [-0.1, -0.05) is 73.7 Å². The highest BCUT2D eigenvalue weighted by Crippen LogP contribution is 2.29. The Morgan fingerprint density at radius 1 is 0.897 bits per heavy atom. The summed E-state index contributed by atoms with van der Waals surface area (Å²) in [4.78, 5) is 5.83. The monoisotopic (exact) mass is 397 g/mol. The van der Waals surface area contributed by atoms with Crippen molar-refractivity contribution >= 4 is 34.4 Å². The van der Waals surface area contributed by atoms with Crippen molar-refractivity contribution in [1.82, 2.24) is 0 Å². The van der Waals surface area contributed by atoms with Gasteiger partial charge in [0.1, 0.15) is 5.75 Å². The van der Waals surface area contributed by atoms with E-state index in [1.807, 2.05) is 54.2 Å². The lowest BCUT2D eigenvalue weighted by Crippen LogP contribution is -1.96. The van der Waals surface area contributed by atoms with Crippen LogP contribution in [0.5, 0.6) is 5.75 Å². The molecule has 29 heavy (non-hydrogen) atoms. The third kappa shape index (κ3) is 4.69. The van der Waals surface area contributed by atoms with Gasteiger partial charge in [0.2, 0.25) is 0 Å². The van der Waals surface area contributed by atoms with E-state index in [0.717, 1.165) is 27.8 Å². The van der Waals surface area contributed by atoms with Crippen LogP contribution in [0.15, 0.2) is 101 Å². The highest BCUT2D eigenvalue weighted by molar-refractivity contribution is 7.99. The van der Waals surface area contributed by atoms with Crippen LogP contribution >= 0.6 is 11.8 Å². The Hall–Kier alpha value is -3.04. The zero-order chi connectivity index (χ0) is 20.1. The van der Waals surface area contributed by atoms with Gasteiger partial charge in [0.05, 0.1) is 5.69 Å². The molecule has 4 aromatic carbocycles. The lowest BCUT2D eigenvalue weighted by molar-refractivity contribution is 0.475. The number of rotatable bonds is 6. The highest BCUT2D eigenvalue weighted by Gasteiger charge is 2.07. The maximum absolute atomic E-state index is 10.3. The lowest BCUT2D eigenvalue weighted by atomic mass is 10.0. The number of aliphatic imine (C=N–C) groups is 1. The van der Waals surface area contributed by atoms with Crippen molar-refractivity contribution in [3.8, 4) is 5.75 Å². The van der Waals surface area contributed by atoms with E-state index in [-0.39, 0.29) is 5.75 Å². The molecule has 0 aliphatic carbocycles. The van der Waals surface area contributed by atoms with Crippen molar-refractivity contribution in [2.24, 2.45) is 4.99 Å². The summed E-state index contributed by atoms with van der Waals surface area (Å²) >= 11 is 1.84. The number of hydrogen-bond acceptors (Lipinski definition) is 3. The molecule has 0 saturated carbocycles. The van der Waals surface area contributed by atoms with Gasteiger partial charge in [-0.3, -0.25) is 4.99 Å². The van der Waals surface area contributed by atoms with Crippen LogP contribution < -0.4 is 0 Å². The predicted molar refractivity (Wildman–Crippen MR) is 125 cm³/mol. The molecule has 0 amide bonds. The third-order valence-corrected chi connectivity index (χ3v) is 6.23. The molecule has 0 heterocycles. The van der Waals surface area contributed by atoms with Gasteiger partial charge in [-0.15, -0.1) is 11.8 Å². The fourth-order valence-corrected chi connectivity index (χ4v) is 4.33. The Bertz CT molecular complexity index is 1140. The zero-order valence-electron chi connectivity index (χ0n) is 16.3. The molecule has 0 saturated heterocycles. The van der Waals surface area contributed by atoms with Crippen LogP contribution in [0.2, 0.25) is 0 Å². The van der Waals surface area contributed by atoms with E-state index < -0.39 is 0 Å². The molecule has 1 atom stereocenters. The van der Waals surface area contributed by atoms with Crippen LogP contribution in [-0.4, -0.2) is 17.1 Å². The molecule has 144 valence electrons. The Labute approximate surface area is 175 Å². The molecule has 4 rings (SSSR count). The quantitative estimate of drug-likeness (QED) is 0.276. The average Bonchev–Trinajstić information content (AvgIpc) is 2.77. The van der Waals surface area contributed by atoms with Gasteiger partial charge >= 0.3 is 0 Å². The molecular weight excluding hydrogens is 374 g/mol. The first-order valence-electron chi connectivity index (χ1n) is 9.73. The van der Waals surface area contributed by atoms with Crippen LogP contribution in [0.3, 0.4) is 0 Å². The highest BCUT2D eigenvalue weighted by atomic mass is 32.2. The summed E-state index contributed by atoms with van der Waals surface area (Å²) in [6.07, 6.45) is 1.76. The number of aromatic hydroxyl groups is 1. The molecule has 2 nitrogen and oxygen atoms in total. The molecule has 1 N–H and O–H groups in total. The van der Waals surface area contributed by atoms with Crippen molar-refractivity contribution in [3.63, 3.8) is 0 Å². The Morgan fingerprint density at radius 3 is 2.55 bits per heavy atom. The van der Waals surface area contributed by atoms with Gasteiger partial charge in [-0.05, 0) is 46.5 Å². The van der Waals surface area contributed by atoms with Crippen LogP contribution in [0.25, 0.3) is 10.8 Å². The van der Waals surface area contributed by atoms with Gasteiger partial charge in [0.25, 0.3) is 0 Å². The van der Waals surface area contributed by atoms with E-state index in [2.05, 4.69) is 54.4 Å². The topological polar surface area (TPSA) is 32.6 Å². The molecule has 0 aliphatic heterocycles. The smallest absolute Gasteiger partial charge is 0.124 e. The van der Waals surface area contributed by atoms with Crippen molar-refractivity contribution in [1.29, 1.82) is 0 Å². The molecule has 4 aromatic rings. The number of phenolic OH excluding ortho intramolecular Hbond substituents is 1. The average molecular weight is 398 g/mol. The van der Waals surface area contributed by atoms with Crippen molar-refractivity contribution in [2.75, 3.05) is 5.75 Å². The van der Waals surface area contributed by atoms with E-state index in [0.29, 0.717) is 5.92 Å². The molecule has 0 aromatic heterocycles. The summed E-state index contributed by atoms with van der Waals surface area (Å²) in [5.41, 5.74) is 2.99. The summed E-state index contributed by atoms with van der Waals surface area (Å²) < 4.78 is 0. The summed E-state index contributed by atoms with van der Waals surface area (Å²) in [5.74, 6) is 1.75. The van der Waals surface area contributed by atoms with E-state index in [1.165, 1.54) is 10.5 Å². The number of benzene rings is 4. The van der Waals surface area contributed by atoms with E-state index in [1.54, 1.807) is 12.3 Å². The normalized spacial score (nSPS) is 12.4. The van der Waals surface area contributed by atoms with E-state index in [9.17, 15) is 5.11 Å². The molecule has 0 fully saturated rings. The minimum Gasteiger partial charge on any atom is -0.507 e. The lowest BCUT2D eigenvalue weighted by Gasteiger charge is -2.11. The fourth-order valence-electron chi connectivity index (χ4n) is 3.31. The maximum atomic E-state index is 10.3. The molecule has 0 aliphatic rings. The molecule has 0 spiro atoms. The summed E-state index contributed by atoms with van der Waals surface area (Å²) in [6.45, 7) is 2.26. The van der Waals surface area contributed by atoms with Gasteiger partial charge in [0.15, 0.2) is 0 Å². The Morgan fingerprint density at radius 2 is 1.69 bits per heavy atom. The standard InChI is InChI=1S/C26H23NOS/c1-19(20-8-3-2-4-9-20)18-29-23-12-7-11-22(16-23)27-17-25-24-13-6-5-10-21(24)14-15-26(25)28/h2-17,19,28H,18H2,1H3/b27-17+. The van der Waals surface area contributed by atoms with Crippen LogP contribution in [0.1, 0.15) is 24.0 Å². The van der Waals surface area contributed by atoms with Crippen LogP contribution in [-0.2, 0) is 0 Å². The second kappa shape index (κ2) is 8.97. The molecular formula is C26H23NOS. The van der Waals surface area contributed by atoms with Crippen LogP contribution in [0.4, 0.5) is 5.69 Å². The molecule has 1 unspecified atom stereocenters. The SMILES string of the molecule is CC(CSc1cccc(/N=C/c2c(O)ccc3ccccc23)c1)c1ccccc1. The number of thioether (sulfide) groups is 1. The first kappa shape index (κ1) is 19.3. The largest absolute Gasteiger partial charge is 0.507 e. The first-order valence-corrected chi connectivity index (χ1v) is 10.7. The van der Waals surface area contributed by atoms with Crippen LogP contribution in [0, 0.1) is 0 Å². The van der Waals surface area contributed by atoms with Gasteiger partial charge < -0.3 is 5.11 Å². The summed E-state index contributed by atoms with van der Waals surface area (Å²) in [6, 6.07) is 30.5. The van der Waals surface area contributed by atoms with E-state index in [4.69, 9.17) is 0 Å². The fraction of sp³-hybridized carbons (Fsp3) is 0.115. The van der Waals surface area contributed by atoms with Crippen molar-refractivity contribution in [3.05, 3.63) is 102 Å². The summed E-state index contributed by atoms with van der Waals surface area (Å²) in [5, 5.41) is 12.4. The van der Waals surface area contributed by atoms with Crippen molar-refractivity contribution in [2.45, 2.75) is 17.7 Å². The predicted octanol–water partition coefficient (Wildman–Crippen LogP) is 7.19. The second-order valence-corrected chi connectivity index (χ2v) is 8.19. The second-order valence-electron chi connectivity index (χ2n) is 7.10. The third-order valence-electron chi connectivity index (χ3n) is 4.98. The first-order chi connectivity index (χ1) is 14.2. The molecule has 0 radical (unpaired) electrons. The van der Waals surface area contributed by atoms with Crippen molar-refractivity contribution < 1.29 is 5.11 Å². The minimum absolute atomic E-state index is 0.245. The minimum atomic E-state index is 0.245. The zero-order valence-corrected chi connectivity index (χ0v) is 17.1. The number of nitrogens with zero attached hydrogens (tertiary/aromatic N) is 1.